The normalized spacial score (nSPS) is 11.8. The molecule has 7 heteroatoms. The van der Waals surface area contributed by atoms with Crippen LogP contribution < -0.4 is 5.32 Å². The second-order valence-electron chi connectivity index (χ2n) is 7.70. The van der Waals surface area contributed by atoms with Gasteiger partial charge in [0, 0.05) is 11.9 Å². The summed E-state index contributed by atoms with van der Waals surface area (Å²) in [6.07, 6.45) is 1.06. The van der Waals surface area contributed by atoms with Gasteiger partial charge in [-0.1, -0.05) is 39.0 Å². The Labute approximate surface area is 165 Å². The zero-order valence-corrected chi connectivity index (χ0v) is 17.5. The first-order valence-electron chi connectivity index (χ1n) is 8.76. The van der Waals surface area contributed by atoms with E-state index in [9.17, 15) is 18.0 Å². The molecule has 150 valence electrons. The van der Waals surface area contributed by atoms with E-state index in [0.717, 1.165) is 11.8 Å². The molecule has 2 aromatic carbocycles. The van der Waals surface area contributed by atoms with Gasteiger partial charge < -0.3 is 10.1 Å². The minimum absolute atomic E-state index is 0.0104. The molecule has 0 aliphatic rings. The molecule has 2 rings (SSSR count). The molecule has 1 amide bonds. The van der Waals surface area contributed by atoms with E-state index >= 15 is 0 Å². The molecule has 0 aliphatic carbocycles. The van der Waals surface area contributed by atoms with Crippen molar-refractivity contribution in [3.8, 4) is 0 Å². The van der Waals surface area contributed by atoms with Crippen LogP contribution >= 0.6 is 0 Å². The summed E-state index contributed by atoms with van der Waals surface area (Å²) in [7, 11) is -3.45. The maximum Gasteiger partial charge on any atom is 0.338 e. The van der Waals surface area contributed by atoms with Gasteiger partial charge >= 0.3 is 5.97 Å². The highest BCUT2D eigenvalue weighted by atomic mass is 32.2. The van der Waals surface area contributed by atoms with Crippen LogP contribution in [0.3, 0.4) is 0 Å². The summed E-state index contributed by atoms with van der Waals surface area (Å²) >= 11 is 0. The average molecular weight is 404 g/mol. The third-order valence-electron chi connectivity index (χ3n) is 4.23. The third kappa shape index (κ3) is 5.66. The fourth-order valence-corrected chi connectivity index (χ4v) is 3.16. The van der Waals surface area contributed by atoms with E-state index in [1.54, 1.807) is 19.1 Å². The van der Waals surface area contributed by atoms with Crippen LogP contribution in [-0.2, 0) is 24.8 Å². The molecule has 0 bridgehead atoms. The van der Waals surface area contributed by atoms with E-state index in [1.807, 2.05) is 12.1 Å². The van der Waals surface area contributed by atoms with Crippen LogP contribution in [0.5, 0.6) is 0 Å². The number of esters is 1. The van der Waals surface area contributed by atoms with E-state index in [0.29, 0.717) is 11.3 Å². The number of nitrogens with one attached hydrogen (secondary N) is 1. The van der Waals surface area contributed by atoms with Crippen LogP contribution in [0.4, 0.5) is 5.69 Å². The Kier molecular flexibility index (Phi) is 6.29. The van der Waals surface area contributed by atoms with Gasteiger partial charge in [-0.05, 0) is 47.7 Å². The highest BCUT2D eigenvalue weighted by Gasteiger charge is 2.17. The molecule has 6 nitrogen and oxygen atoms in total. The maximum atomic E-state index is 12.3. The first-order chi connectivity index (χ1) is 12.9. The maximum absolute atomic E-state index is 12.3. The van der Waals surface area contributed by atoms with Crippen molar-refractivity contribution in [2.45, 2.75) is 38.0 Å². The van der Waals surface area contributed by atoms with Gasteiger partial charge in [-0.25, -0.2) is 13.2 Å². The van der Waals surface area contributed by atoms with Crippen LogP contribution in [0.25, 0.3) is 0 Å². The van der Waals surface area contributed by atoms with Gasteiger partial charge in [0.1, 0.15) is 0 Å². The number of sulfone groups is 1. The summed E-state index contributed by atoms with van der Waals surface area (Å²) in [4.78, 5) is 24.3. The van der Waals surface area contributed by atoms with Gasteiger partial charge in [-0.15, -0.1) is 0 Å². The number of carbonyl (C=O) groups excluding carboxylic acids is 2. The van der Waals surface area contributed by atoms with Crippen LogP contribution in [0.15, 0.2) is 47.4 Å². The van der Waals surface area contributed by atoms with Gasteiger partial charge in [0.2, 0.25) is 0 Å². The summed E-state index contributed by atoms with van der Waals surface area (Å²) in [5.74, 6) is -1.23. The Morgan fingerprint density at radius 1 is 1.04 bits per heavy atom. The first-order valence-corrected chi connectivity index (χ1v) is 10.7. The third-order valence-corrected chi connectivity index (χ3v) is 5.34. The molecular formula is C21H25NO5S. The Morgan fingerprint density at radius 2 is 1.64 bits per heavy atom. The summed E-state index contributed by atoms with van der Waals surface area (Å²) in [5.41, 5.74) is 2.43. The summed E-state index contributed by atoms with van der Waals surface area (Å²) in [5, 5.41) is 2.67. The van der Waals surface area contributed by atoms with Crippen molar-refractivity contribution < 1.29 is 22.7 Å². The van der Waals surface area contributed by atoms with Crippen LogP contribution in [-0.4, -0.2) is 33.2 Å². The molecule has 0 saturated carbocycles. The van der Waals surface area contributed by atoms with Crippen molar-refractivity contribution >= 4 is 27.4 Å². The first kappa shape index (κ1) is 21.6. The predicted octanol–water partition coefficient (Wildman–Crippen LogP) is 3.49. The zero-order chi connectivity index (χ0) is 21.1. The highest BCUT2D eigenvalue weighted by Crippen LogP contribution is 2.23. The molecule has 0 heterocycles. The van der Waals surface area contributed by atoms with Crippen molar-refractivity contribution in [1.29, 1.82) is 0 Å². The van der Waals surface area contributed by atoms with E-state index in [4.69, 9.17) is 4.74 Å². The number of ether oxygens (including phenoxy) is 1. The zero-order valence-electron chi connectivity index (χ0n) is 16.7. The Balaban J connectivity index is 2.00. The number of amides is 1. The number of rotatable bonds is 5. The van der Waals surface area contributed by atoms with Crippen LogP contribution in [0, 0.1) is 6.92 Å². The van der Waals surface area contributed by atoms with E-state index in [1.165, 1.54) is 18.2 Å². The topological polar surface area (TPSA) is 89.5 Å². The largest absolute Gasteiger partial charge is 0.452 e. The number of anilines is 1. The highest BCUT2D eigenvalue weighted by molar-refractivity contribution is 7.90. The molecule has 0 fully saturated rings. The summed E-state index contributed by atoms with van der Waals surface area (Å²) in [6.45, 7) is 7.49. The smallest absolute Gasteiger partial charge is 0.338 e. The monoisotopic (exact) mass is 403 g/mol. The minimum atomic E-state index is -3.45. The number of carbonyl (C=O) groups is 2. The van der Waals surface area contributed by atoms with Gasteiger partial charge in [0.15, 0.2) is 16.4 Å². The molecule has 0 saturated heterocycles. The second kappa shape index (κ2) is 8.14. The minimum Gasteiger partial charge on any atom is -0.452 e. The van der Waals surface area contributed by atoms with E-state index < -0.39 is 28.3 Å². The fraction of sp³-hybridized carbons (Fsp3) is 0.333. The standard InChI is InChI=1S/C21H25NO5S/c1-14-6-11-17(28(5,25)26)12-18(14)20(24)27-13-19(23)22-16-9-7-15(8-10-16)21(2,3)4/h6-12H,13H2,1-5H3,(H,22,23). The lowest BCUT2D eigenvalue weighted by atomic mass is 9.87. The molecular weight excluding hydrogens is 378 g/mol. The number of hydrogen-bond donors (Lipinski definition) is 1. The summed E-state index contributed by atoms with van der Waals surface area (Å²) in [6, 6.07) is 11.7. The molecule has 0 aromatic heterocycles. The fourth-order valence-electron chi connectivity index (χ4n) is 2.51. The molecule has 2 aromatic rings. The number of benzene rings is 2. The molecule has 1 N–H and O–H groups in total. The van der Waals surface area contributed by atoms with Gasteiger partial charge in [-0.2, -0.15) is 0 Å². The Morgan fingerprint density at radius 3 is 2.18 bits per heavy atom. The molecule has 28 heavy (non-hydrogen) atoms. The second-order valence-corrected chi connectivity index (χ2v) is 9.72. The Hall–Kier alpha value is -2.67. The van der Waals surface area contributed by atoms with Crippen molar-refractivity contribution in [2.24, 2.45) is 0 Å². The lowest BCUT2D eigenvalue weighted by molar-refractivity contribution is -0.119. The summed E-state index contributed by atoms with van der Waals surface area (Å²) < 4.78 is 28.4. The number of aryl methyl sites for hydroxylation is 1. The lowest BCUT2D eigenvalue weighted by Gasteiger charge is -2.19. The van der Waals surface area contributed by atoms with E-state index in [-0.39, 0.29) is 15.9 Å². The van der Waals surface area contributed by atoms with Crippen LogP contribution in [0.1, 0.15) is 42.3 Å². The van der Waals surface area contributed by atoms with Crippen LogP contribution in [0.2, 0.25) is 0 Å². The van der Waals surface area contributed by atoms with Crippen molar-refractivity contribution in [3.63, 3.8) is 0 Å². The molecule has 0 unspecified atom stereocenters. The molecule has 0 radical (unpaired) electrons. The van der Waals surface area contributed by atoms with Gasteiger partial charge in [0.25, 0.3) is 5.91 Å². The SMILES string of the molecule is Cc1ccc(S(C)(=O)=O)cc1C(=O)OCC(=O)Nc1ccc(C(C)(C)C)cc1. The average Bonchev–Trinajstić information content (AvgIpc) is 2.58. The van der Waals surface area contributed by atoms with E-state index in [2.05, 4.69) is 26.1 Å². The molecule has 0 atom stereocenters. The van der Waals surface area contributed by atoms with Gasteiger partial charge in [-0.3, -0.25) is 4.79 Å². The Bertz CT molecular complexity index is 986. The van der Waals surface area contributed by atoms with Crippen molar-refractivity contribution in [2.75, 3.05) is 18.2 Å². The molecule has 0 aliphatic heterocycles. The number of hydrogen-bond acceptors (Lipinski definition) is 5. The molecule has 0 spiro atoms. The predicted molar refractivity (Wildman–Crippen MR) is 108 cm³/mol. The lowest BCUT2D eigenvalue weighted by Crippen LogP contribution is -2.21. The van der Waals surface area contributed by atoms with Gasteiger partial charge in [0.05, 0.1) is 10.5 Å². The van der Waals surface area contributed by atoms with Crippen molar-refractivity contribution in [3.05, 3.63) is 59.2 Å². The van der Waals surface area contributed by atoms with Crippen molar-refractivity contribution in [1.82, 2.24) is 0 Å². The quantitative estimate of drug-likeness (QED) is 0.772.